The first-order chi connectivity index (χ1) is 8.58. The van der Waals surface area contributed by atoms with E-state index in [9.17, 15) is 4.79 Å². The maximum Gasteiger partial charge on any atom is 0.225 e. The number of hydrogen-bond donors (Lipinski definition) is 2. The van der Waals surface area contributed by atoms with Crippen molar-refractivity contribution in [2.24, 2.45) is 11.7 Å². The second-order valence-corrected chi connectivity index (χ2v) is 6.19. The van der Waals surface area contributed by atoms with Gasteiger partial charge in [0.2, 0.25) is 5.91 Å². The van der Waals surface area contributed by atoms with Crippen molar-refractivity contribution in [3.05, 3.63) is 0 Å². The van der Waals surface area contributed by atoms with E-state index in [0.29, 0.717) is 11.2 Å². The van der Waals surface area contributed by atoms with Crippen molar-refractivity contribution in [2.45, 2.75) is 63.7 Å². The third kappa shape index (κ3) is 4.81. The van der Waals surface area contributed by atoms with Crippen molar-refractivity contribution in [1.29, 1.82) is 0 Å². The minimum atomic E-state index is 0.182. The summed E-state index contributed by atoms with van der Waals surface area (Å²) in [7, 11) is 0. The SMILES string of the molecule is CCCC(CCC(S)CC)C(=O)N1CCC(N)C1. The molecule has 1 rings (SSSR count). The van der Waals surface area contributed by atoms with Crippen LogP contribution < -0.4 is 5.73 Å². The zero-order valence-electron chi connectivity index (χ0n) is 11.8. The Bertz CT molecular complexity index is 260. The molecule has 0 aromatic carbocycles. The molecule has 0 aromatic rings. The maximum atomic E-state index is 12.4. The van der Waals surface area contributed by atoms with Crippen molar-refractivity contribution in [3.8, 4) is 0 Å². The molecular weight excluding hydrogens is 244 g/mol. The Morgan fingerprint density at radius 2 is 2.11 bits per heavy atom. The summed E-state index contributed by atoms with van der Waals surface area (Å²) in [5, 5.41) is 0.429. The van der Waals surface area contributed by atoms with Crippen LogP contribution in [-0.4, -0.2) is 35.2 Å². The fourth-order valence-corrected chi connectivity index (χ4v) is 2.73. The van der Waals surface area contributed by atoms with Crippen LogP contribution in [0.2, 0.25) is 0 Å². The van der Waals surface area contributed by atoms with Crippen LogP contribution in [0, 0.1) is 5.92 Å². The highest BCUT2D eigenvalue weighted by Gasteiger charge is 2.28. The molecule has 0 aromatic heterocycles. The lowest BCUT2D eigenvalue weighted by atomic mass is 9.95. The summed E-state index contributed by atoms with van der Waals surface area (Å²) < 4.78 is 0. The second-order valence-electron chi connectivity index (χ2n) is 5.46. The topological polar surface area (TPSA) is 46.3 Å². The molecule has 1 fully saturated rings. The predicted octanol–water partition coefficient (Wildman–Crippen LogP) is 2.45. The standard InChI is InChI=1S/C14H28N2OS/c1-3-5-11(6-7-13(18)4-2)14(17)16-9-8-12(15)10-16/h11-13,18H,3-10,15H2,1-2H3. The molecule has 1 saturated heterocycles. The summed E-state index contributed by atoms with van der Waals surface area (Å²) in [5.41, 5.74) is 5.87. The van der Waals surface area contributed by atoms with Gasteiger partial charge in [-0.25, -0.2) is 0 Å². The van der Waals surface area contributed by atoms with Gasteiger partial charge in [0.1, 0.15) is 0 Å². The van der Waals surface area contributed by atoms with Gasteiger partial charge in [-0.3, -0.25) is 4.79 Å². The van der Waals surface area contributed by atoms with Gasteiger partial charge in [-0.2, -0.15) is 12.6 Å². The van der Waals surface area contributed by atoms with Crippen molar-refractivity contribution in [3.63, 3.8) is 0 Å². The number of carbonyl (C=O) groups is 1. The Kier molecular flexibility index (Phi) is 7.08. The zero-order valence-corrected chi connectivity index (χ0v) is 12.7. The molecule has 1 aliphatic heterocycles. The van der Waals surface area contributed by atoms with Gasteiger partial charge in [-0.1, -0.05) is 20.3 Å². The predicted molar refractivity (Wildman–Crippen MR) is 79.9 cm³/mol. The number of nitrogens with zero attached hydrogens (tertiary/aromatic N) is 1. The highest BCUT2D eigenvalue weighted by molar-refractivity contribution is 7.80. The van der Waals surface area contributed by atoms with Gasteiger partial charge in [0.05, 0.1) is 0 Å². The van der Waals surface area contributed by atoms with Crippen LogP contribution in [0.1, 0.15) is 52.4 Å². The van der Waals surface area contributed by atoms with Crippen LogP contribution in [0.3, 0.4) is 0 Å². The summed E-state index contributed by atoms with van der Waals surface area (Å²) >= 11 is 4.52. The van der Waals surface area contributed by atoms with Crippen LogP contribution in [0.25, 0.3) is 0 Å². The molecule has 0 bridgehead atoms. The molecule has 0 aliphatic carbocycles. The number of likely N-dealkylation sites (tertiary alicyclic amines) is 1. The average molecular weight is 272 g/mol. The average Bonchev–Trinajstić information content (AvgIpc) is 2.79. The molecule has 106 valence electrons. The largest absolute Gasteiger partial charge is 0.341 e. The first kappa shape index (κ1) is 15.8. The van der Waals surface area contributed by atoms with Gasteiger partial charge in [-0.15, -0.1) is 0 Å². The summed E-state index contributed by atoms with van der Waals surface area (Å²) in [5.74, 6) is 0.503. The first-order valence-corrected chi connectivity index (χ1v) is 7.82. The van der Waals surface area contributed by atoms with Gasteiger partial charge in [-0.05, 0) is 32.1 Å². The first-order valence-electron chi connectivity index (χ1n) is 7.30. The fraction of sp³-hybridized carbons (Fsp3) is 0.929. The third-order valence-corrected chi connectivity index (χ3v) is 4.47. The molecule has 0 radical (unpaired) electrons. The van der Waals surface area contributed by atoms with E-state index in [1.54, 1.807) is 0 Å². The Balaban J connectivity index is 2.46. The number of hydrogen-bond acceptors (Lipinski definition) is 3. The van der Waals surface area contributed by atoms with Crippen LogP contribution in [0.5, 0.6) is 0 Å². The minimum Gasteiger partial charge on any atom is -0.341 e. The lowest BCUT2D eigenvalue weighted by Gasteiger charge is -2.24. The summed E-state index contributed by atoms with van der Waals surface area (Å²) in [6.07, 6.45) is 6.10. The van der Waals surface area contributed by atoms with Crippen LogP contribution in [0.4, 0.5) is 0 Å². The monoisotopic (exact) mass is 272 g/mol. The maximum absolute atomic E-state index is 12.4. The van der Waals surface area contributed by atoms with E-state index >= 15 is 0 Å². The minimum absolute atomic E-state index is 0.182. The fourth-order valence-electron chi connectivity index (χ4n) is 2.58. The second kappa shape index (κ2) is 8.05. The molecule has 3 unspecified atom stereocenters. The van der Waals surface area contributed by atoms with Crippen LogP contribution in [-0.2, 0) is 4.79 Å². The highest BCUT2D eigenvalue weighted by atomic mass is 32.1. The number of rotatable bonds is 7. The number of amides is 1. The summed E-state index contributed by atoms with van der Waals surface area (Å²) in [4.78, 5) is 14.4. The molecule has 0 spiro atoms. The van der Waals surface area contributed by atoms with E-state index in [-0.39, 0.29) is 12.0 Å². The van der Waals surface area contributed by atoms with E-state index in [1.807, 2.05) is 4.90 Å². The molecule has 3 atom stereocenters. The molecule has 3 nitrogen and oxygen atoms in total. The summed E-state index contributed by atoms with van der Waals surface area (Å²) in [6, 6.07) is 0.185. The van der Waals surface area contributed by atoms with E-state index in [2.05, 4.69) is 26.5 Å². The normalized spacial score (nSPS) is 23.1. The highest BCUT2D eigenvalue weighted by Crippen LogP contribution is 2.22. The smallest absolute Gasteiger partial charge is 0.225 e. The molecule has 1 amide bonds. The lowest BCUT2D eigenvalue weighted by Crippen LogP contribution is -2.36. The molecule has 2 N–H and O–H groups in total. The van der Waals surface area contributed by atoms with Gasteiger partial charge >= 0.3 is 0 Å². The van der Waals surface area contributed by atoms with Crippen molar-refractivity contribution >= 4 is 18.5 Å². The van der Waals surface area contributed by atoms with E-state index in [4.69, 9.17) is 5.73 Å². The van der Waals surface area contributed by atoms with Gasteiger partial charge in [0.25, 0.3) is 0 Å². The number of thiol groups is 1. The van der Waals surface area contributed by atoms with Gasteiger partial charge in [0, 0.05) is 30.3 Å². The Morgan fingerprint density at radius 3 is 2.61 bits per heavy atom. The Labute approximate surface area is 117 Å². The van der Waals surface area contributed by atoms with Crippen LogP contribution >= 0.6 is 12.6 Å². The molecule has 1 aliphatic rings. The van der Waals surface area contributed by atoms with E-state index in [0.717, 1.165) is 51.6 Å². The quantitative estimate of drug-likeness (QED) is 0.699. The Hall–Kier alpha value is -0.220. The molecule has 1 heterocycles. The number of carbonyl (C=O) groups excluding carboxylic acids is 1. The van der Waals surface area contributed by atoms with Gasteiger partial charge < -0.3 is 10.6 Å². The molecule has 18 heavy (non-hydrogen) atoms. The zero-order chi connectivity index (χ0) is 13.5. The van der Waals surface area contributed by atoms with Crippen LogP contribution in [0.15, 0.2) is 0 Å². The van der Waals surface area contributed by atoms with Gasteiger partial charge in [0.15, 0.2) is 0 Å². The Morgan fingerprint density at radius 1 is 1.39 bits per heavy atom. The molecule has 4 heteroatoms. The van der Waals surface area contributed by atoms with Crippen molar-refractivity contribution < 1.29 is 4.79 Å². The summed E-state index contributed by atoms with van der Waals surface area (Å²) in [6.45, 7) is 5.89. The van der Waals surface area contributed by atoms with Crippen molar-refractivity contribution in [1.82, 2.24) is 4.90 Å². The molecule has 0 saturated carbocycles. The lowest BCUT2D eigenvalue weighted by molar-refractivity contribution is -0.135. The van der Waals surface area contributed by atoms with E-state index < -0.39 is 0 Å². The molecular formula is C14H28N2OS. The van der Waals surface area contributed by atoms with E-state index in [1.165, 1.54) is 0 Å². The number of nitrogens with two attached hydrogens (primary N) is 1. The third-order valence-electron chi connectivity index (χ3n) is 3.84. The van der Waals surface area contributed by atoms with Crippen molar-refractivity contribution in [2.75, 3.05) is 13.1 Å².